The summed E-state index contributed by atoms with van der Waals surface area (Å²) in [5.74, 6) is 0.0349. The molecule has 5 nitrogen and oxygen atoms in total. The molecule has 20 heavy (non-hydrogen) atoms. The molecule has 0 N–H and O–H groups in total. The SMILES string of the molecule is O=C1CC(c2ccccc2)N1c1ccc([N+](=O)[O-])cc1. The van der Waals surface area contributed by atoms with Gasteiger partial charge in [0.2, 0.25) is 5.91 Å². The summed E-state index contributed by atoms with van der Waals surface area (Å²) in [4.78, 5) is 23.7. The largest absolute Gasteiger partial charge is 0.304 e. The molecule has 2 aromatic rings. The molecule has 5 heteroatoms. The van der Waals surface area contributed by atoms with Crippen molar-refractivity contribution >= 4 is 17.3 Å². The standard InChI is InChI=1S/C15H12N2O3/c18-15-10-14(11-4-2-1-3-5-11)16(15)12-6-8-13(9-7-12)17(19)20/h1-9,14H,10H2. The smallest absolute Gasteiger partial charge is 0.269 e. The molecule has 0 radical (unpaired) electrons. The average molecular weight is 268 g/mol. The zero-order valence-corrected chi connectivity index (χ0v) is 10.6. The van der Waals surface area contributed by atoms with Crippen molar-refractivity contribution in [1.29, 1.82) is 0 Å². The van der Waals surface area contributed by atoms with E-state index in [0.29, 0.717) is 12.1 Å². The Morgan fingerprint density at radius 2 is 1.70 bits per heavy atom. The molecule has 1 aliphatic heterocycles. The molecule has 0 bridgehead atoms. The third-order valence-electron chi connectivity index (χ3n) is 3.47. The van der Waals surface area contributed by atoms with Gasteiger partial charge in [-0.15, -0.1) is 0 Å². The van der Waals surface area contributed by atoms with Gasteiger partial charge < -0.3 is 4.90 Å². The van der Waals surface area contributed by atoms with Crippen LogP contribution in [0, 0.1) is 10.1 Å². The molecule has 1 saturated heterocycles. The predicted molar refractivity (Wildman–Crippen MR) is 74.4 cm³/mol. The van der Waals surface area contributed by atoms with Crippen LogP contribution in [-0.2, 0) is 4.79 Å². The molecule has 1 heterocycles. The number of carbonyl (C=O) groups is 1. The van der Waals surface area contributed by atoms with Gasteiger partial charge in [-0.1, -0.05) is 30.3 Å². The maximum absolute atomic E-state index is 11.8. The highest BCUT2D eigenvalue weighted by molar-refractivity contribution is 6.01. The van der Waals surface area contributed by atoms with E-state index in [9.17, 15) is 14.9 Å². The number of amides is 1. The molecular weight excluding hydrogens is 256 g/mol. The second-order valence-corrected chi connectivity index (χ2v) is 4.67. The number of nitro benzene ring substituents is 1. The molecule has 1 fully saturated rings. The number of hydrogen-bond acceptors (Lipinski definition) is 3. The van der Waals surface area contributed by atoms with Gasteiger partial charge in [-0.05, 0) is 17.7 Å². The van der Waals surface area contributed by atoms with E-state index in [-0.39, 0.29) is 17.6 Å². The van der Waals surface area contributed by atoms with Crippen LogP contribution >= 0.6 is 0 Å². The van der Waals surface area contributed by atoms with Gasteiger partial charge in [0.05, 0.1) is 17.4 Å². The first-order chi connectivity index (χ1) is 9.66. The van der Waals surface area contributed by atoms with Crippen molar-refractivity contribution in [1.82, 2.24) is 0 Å². The fourth-order valence-electron chi connectivity index (χ4n) is 2.42. The molecule has 1 amide bonds. The van der Waals surface area contributed by atoms with E-state index in [1.807, 2.05) is 30.3 Å². The second kappa shape index (κ2) is 4.77. The number of nitrogens with zero attached hydrogens (tertiary/aromatic N) is 2. The number of carbonyl (C=O) groups excluding carboxylic acids is 1. The minimum atomic E-state index is -0.448. The van der Waals surface area contributed by atoms with Gasteiger partial charge in [0.25, 0.3) is 5.69 Å². The average Bonchev–Trinajstić information content (AvgIpc) is 2.46. The third-order valence-corrected chi connectivity index (χ3v) is 3.47. The Kier molecular flexibility index (Phi) is 2.95. The fraction of sp³-hybridized carbons (Fsp3) is 0.133. The summed E-state index contributed by atoms with van der Waals surface area (Å²) >= 11 is 0. The molecule has 0 aromatic heterocycles. The van der Waals surface area contributed by atoms with E-state index in [4.69, 9.17) is 0 Å². The van der Waals surface area contributed by atoms with Gasteiger partial charge in [0.1, 0.15) is 0 Å². The van der Waals surface area contributed by atoms with Gasteiger partial charge in [0.15, 0.2) is 0 Å². The van der Waals surface area contributed by atoms with E-state index in [0.717, 1.165) is 5.56 Å². The number of β-lactam (4-membered cyclic amide) rings is 1. The Labute approximate surface area is 115 Å². The van der Waals surface area contributed by atoms with E-state index >= 15 is 0 Å². The van der Waals surface area contributed by atoms with E-state index in [1.165, 1.54) is 12.1 Å². The van der Waals surface area contributed by atoms with Gasteiger partial charge in [0, 0.05) is 17.8 Å². The molecule has 3 rings (SSSR count). The summed E-state index contributed by atoms with van der Waals surface area (Å²) in [6.45, 7) is 0. The lowest BCUT2D eigenvalue weighted by atomic mass is 9.93. The van der Waals surface area contributed by atoms with Gasteiger partial charge >= 0.3 is 0 Å². The summed E-state index contributed by atoms with van der Waals surface area (Å²) in [6, 6.07) is 15.9. The lowest BCUT2D eigenvalue weighted by Gasteiger charge is -2.40. The van der Waals surface area contributed by atoms with Gasteiger partial charge in [-0.3, -0.25) is 14.9 Å². The van der Waals surface area contributed by atoms with Crippen molar-refractivity contribution in [2.75, 3.05) is 4.90 Å². The van der Waals surface area contributed by atoms with E-state index < -0.39 is 4.92 Å². The predicted octanol–water partition coefficient (Wildman–Crippen LogP) is 3.07. The topological polar surface area (TPSA) is 63.5 Å². The van der Waals surface area contributed by atoms with Crippen molar-refractivity contribution in [3.05, 3.63) is 70.3 Å². The Hall–Kier alpha value is -2.69. The fourth-order valence-corrected chi connectivity index (χ4v) is 2.42. The second-order valence-electron chi connectivity index (χ2n) is 4.67. The molecule has 0 aliphatic carbocycles. The summed E-state index contributed by atoms with van der Waals surface area (Å²) in [7, 11) is 0. The minimum absolute atomic E-state index is 0.0187. The number of anilines is 1. The van der Waals surface area contributed by atoms with Crippen molar-refractivity contribution < 1.29 is 9.72 Å². The van der Waals surface area contributed by atoms with Crippen molar-refractivity contribution in [2.45, 2.75) is 12.5 Å². The summed E-state index contributed by atoms with van der Waals surface area (Å²) in [5.41, 5.74) is 1.80. The molecule has 1 atom stereocenters. The van der Waals surface area contributed by atoms with Crippen LogP contribution in [-0.4, -0.2) is 10.8 Å². The van der Waals surface area contributed by atoms with Crippen LogP contribution in [0.2, 0.25) is 0 Å². The molecule has 2 aromatic carbocycles. The van der Waals surface area contributed by atoms with Crippen LogP contribution in [0.4, 0.5) is 11.4 Å². The number of benzene rings is 2. The number of rotatable bonds is 3. The van der Waals surface area contributed by atoms with Gasteiger partial charge in [-0.25, -0.2) is 0 Å². The Morgan fingerprint density at radius 3 is 2.25 bits per heavy atom. The molecule has 1 aliphatic rings. The van der Waals surface area contributed by atoms with E-state index in [1.54, 1.807) is 17.0 Å². The first-order valence-corrected chi connectivity index (χ1v) is 6.28. The maximum atomic E-state index is 11.8. The monoisotopic (exact) mass is 268 g/mol. The quantitative estimate of drug-likeness (QED) is 0.488. The Bertz CT molecular complexity index is 653. The molecule has 0 saturated carbocycles. The summed E-state index contributed by atoms with van der Waals surface area (Å²) in [6.07, 6.45) is 0.473. The van der Waals surface area contributed by atoms with Crippen LogP contribution in [0.1, 0.15) is 18.0 Å². The minimum Gasteiger partial charge on any atom is -0.304 e. The lowest BCUT2D eigenvalue weighted by molar-refractivity contribution is -0.384. The Balaban J connectivity index is 1.88. The summed E-state index contributed by atoms with van der Waals surface area (Å²) < 4.78 is 0. The zero-order chi connectivity index (χ0) is 14.1. The number of hydrogen-bond donors (Lipinski definition) is 0. The molecule has 0 spiro atoms. The highest BCUT2D eigenvalue weighted by Gasteiger charge is 2.38. The highest BCUT2D eigenvalue weighted by atomic mass is 16.6. The third kappa shape index (κ3) is 2.03. The van der Waals surface area contributed by atoms with Crippen molar-refractivity contribution in [3.63, 3.8) is 0 Å². The highest BCUT2D eigenvalue weighted by Crippen LogP contribution is 2.38. The molecule has 1 unspecified atom stereocenters. The number of nitro groups is 1. The van der Waals surface area contributed by atoms with Crippen LogP contribution in [0.15, 0.2) is 54.6 Å². The van der Waals surface area contributed by atoms with Crippen molar-refractivity contribution in [2.24, 2.45) is 0 Å². The van der Waals surface area contributed by atoms with Crippen LogP contribution in [0.25, 0.3) is 0 Å². The summed E-state index contributed by atoms with van der Waals surface area (Å²) in [5, 5.41) is 10.6. The van der Waals surface area contributed by atoms with Crippen molar-refractivity contribution in [3.8, 4) is 0 Å². The number of non-ortho nitro benzene ring substituents is 1. The lowest BCUT2D eigenvalue weighted by Crippen LogP contribution is -2.46. The first-order valence-electron chi connectivity index (χ1n) is 6.28. The molecular formula is C15H12N2O3. The van der Waals surface area contributed by atoms with Crippen LogP contribution in [0.5, 0.6) is 0 Å². The normalized spacial score (nSPS) is 17.7. The van der Waals surface area contributed by atoms with Gasteiger partial charge in [-0.2, -0.15) is 0 Å². The Morgan fingerprint density at radius 1 is 1.05 bits per heavy atom. The molecule has 100 valence electrons. The van der Waals surface area contributed by atoms with Crippen LogP contribution in [0.3, 0.4) is 0 Å². The first kappa shape index (κ1) is 12.3. The zero-order valence-electron chi connectivity index (χ0n) is 10.6. The van der Waals surface area contributed by atoms with Crippen LogP contribution < -0.4 is 4.90 Å². The van der Waals surface area contributed by atoms with E-state index in [2.05, 4.69) is 0 Å². The maximum Gasteiger partial charge on any atom is 0.269 e.